The molecule has 10 heteroatoms. The maximum atomic E-state index is 13.3. The Bertz CT molecular complexity index is 1290. The Balaban J connectivity index is 1.68. The topological polar surface area (TPSA) is 78.8 Å². The van der Waals surface area contributed by atoms with Crippen molar-refractivity contribution in [1.82, 2.24) is 4.90 Å². The maximum Gasteiger partial charge on any atom is 0.416 e. The van der Waals surface area contributed by atoms with Crippen LogP contribution in [0.3, 0.4) is 0 Å². The van der Waals surface area contributed by atoms with Gasteiger partial charge in [-0.15, -0.1) is 6.58 Å². The SMILES string of the molecule is C=CCN(C(=O)OC(C)(C)C)C1=N[C@@H]2[C@@H](OCc3ccccc3)[C@H](OCc3ccccc3)[C@@H](CO[Si](C)(C)C(C)(C)C)O[C@@H]2S1. The molecule has 0 N–H and O–H groups in total. The molecule has 246 valence electrons. The van der Waals surface area contributed by atoms with Crippen LogP contribution in [0.15, 0.2) is 78.3 Å². The summed E-state index contributed by atoms with van der Waals surface area (Å²) >= 11 is 1.41. The minimum atomic E-state index is -2.10. The summed E-state index contributed by atoms with van der Waals surface area (Å²) in [5, 5.41) is 0.547. The first-order valence-electron chi connectivity index (χ1n) is 15.6. The smallest absolute Gasteiger partial charge is 0.416 e. The number of hydrogen-bond acceptors (Lipinski definition) is 8. The quantitative estimate of drug-likeness (QED) is 0.181. The summed E-state index contributed by atoms with van der Waals surface area (Å²) in [6.07, 6.45) is -0.168. The molecule has 0 spiro atoms. The van der Waals surface area contributed by atoms with Crippen LogP contribution in [0.4, 0.5) is 4.79 Å². The van der Waals surface area contributed by atoms with Crippen LogP contribution in [-0.4, -0.2) is 73.0 Å². The van der Waals surface area contributed by atoms with Crippen molar-refractivity contribution in [3.05, 3.63) is 84.4 Å². The lowest BCUT2D eigenvalue weighted by atomic mass is 9.97. The van der Waals surface area contributed by atoms with Crippen molar-refractivity contribution in [2.75, 3.05) is 13.2 Å². The fraction of sp³-hybridized carbons (Fsp3) is 0.543. The van der Waals surface area contributed by atoms with Gasteiger partial charge in [-0.1, -0.05) is 99.3 Å². The van der Waals surface area contributed by atoms with Crippen LogP contribution < -0.4 is 0 Å². The van der Waals surface area contributed by atoms with Gasteiger partial charge >= 0.3 is 6.09 Å². The Morgan fingerprint density at radius 1 is 0.956 bits per heavy atom. The van der Waals surface area contributed by atoms with Gasteiger partial charge in [0.2, 0.25) is 0 Å². The van der Waals surface area contributed by atoms with Gasteiger partial charge in [-0.2, -0.15) is 0 Å². The van der Waals surface area contributed by atoms with Crippen molar-refractivity contribution >= 4 is 31.3 Å². The first kappa shape index (κ1) is 35.4. The molecule has 0 bridgehead atoms. The average Bonchev–Trinajstić information content (AvgIpc) is 3.39. The second-order valence-corrected chi connectivity index (χ2v) is 19.9. The number of ether oxygens (including phenoxy) is 4. The normalized spacial score (nSPS) is 23.6. The fourth-order valence-corrected chi connectivity index (χ4v) is 7.00. The first-order chi connectivity index (χ1) is 21.2. The van der Waals surface area contributed by atoms with Gasteiger partial charge in [0, 0.05) is 6.54 Å². The van der Waals surface area contributed by atoms with Crippen molar-refractivity contribution in [1.29, 1.82) is 0 Å². The minimum absolute atomic E-state index is 0.0325. The van der Waals surface area contributed by atoms with Crippen LogP contribution in [0.1, 0.15) is 52.7 Å². The van der Waals surface area contributed by atoms with Crippen LogP contribution in [-0.2, 0) is 36.6 Å². The van der Waals surface area contributed by atoms with Crippen LogP contribution in [0.2, 0.25) is 18.1 Å². The highest BCUT2D eigenvalue weighted by atomic mass is 32.2. The molecule has 4 rings (SSSR count). The summed E-state index contributed by atoms with van der Waals surface area (Å²) in [5.74, 6) is 0. The maximum absolute atomic E-state index is 13.3. The molecule has 1 saturated heterocycles. The van der Waals surface area contributed by atoms with Crippen molar-refractivity contribution in [3.63, 3.8) is 0 Å². The van der Waals surface area contributed by atoms with E-state index < -0.39 is 49.8 Å². The summed E-state index contributed by atoms with van der Waals surface area (Å²) in [5.41, 5.74) is 1.04. The molecule has 2 aromatic carbocycles. The summed E-state index contributed by atoms with van der Waals surface area (Å²) < 4.78 is 32.6. The zero-order valence-corrected chi connectivity index (χ0v) is 29.8. The second kappa shape index (κ2) is 15.0. The Morgan fingerprint density at radius 2 is 1.51 bits per heavy atom. The van der Waals surface area contributed by atoms with Gasteiger partial charge in [-0.3, -0.25) is 9.89 Å². The predicted octanol–water partition coefficient (Wildman–Crippen LogP) is 7.80. The largest absolute Gasteiger partial charge is 0.443 e. The Morgan fingerprint density at radius 3 is 2.02 bits per heavy atom. The van der Waals surface area contributed by atoms with Gasteiger partial charge in [0.05, 0.1) is 19.8 Å². The standard InChI is InChI=1S/C35H50N2O6SSi/c1-10-21-37(33(38)43-34(2,3)4)32-36-28-30(40-23-26-19-15-12-16-20-26)29(39-22-25-17-13-11-14-18-25)27(42-31(28)44-32)24-41-45(8,9)35(5,6)7/h10-20,27-31H,1,21-24H2,2-9H3/t27-,28-,29-,30-,31-/m1/s1. The molecule has 1 fully saturated rings. The number of fused-ring (bicyclic) bond motifs is 1. The lowest BCUT2D eigenvalue weighted by molar-refractivity contribution is -0.204. The van der Waals surface area contributed by atoms with E-state index in [-0.39, 0.29) is 11.6 Å². The zero-order chi connectivity index (χ0) is 32.8. The van der Waals surface area contributed by atoms with E-state index in [2.05, 4.69) is 40.4 Å². The summed E-state index contributed by atoms with van der Waals surface area (Å²) in [6, 6.07) is 19.7. The molecule has 2 aromatic rings. The van der Waals surface area contributed by atoms with Crippen molar-refractivity contribution in [3.8, 4) is 0 Å². The van der Waals surface area contributed by atoms with Crippen LogP contribution in [0.25, 0.3) is 0 Å². The minimum Gasteiger partial charge on any atom is -0.443 e. The molecule has 0 aromatic heterocycles. The molecule has 1 amide bonds. The Kier molecular flexibility index (Phi) is 11.8. The molecule has 0 saturated carbocycles. The van der Waals surface area contributed by atoms with E-state index in [0.29, 0.717) is 25.0 Å². The zero-order valence-electron chi connectivity index (χ0n) is 28.0. The average molecular weight is 655 g/mol. The van der Waals surface area contributed by atoms with E-state index in [0.717, 1.165) is 11.1 Å². The highest BCUT2D eigenvalue weighted by Gasteiger charge is 2.52. The van der Waals surface area contributed by atoms with E-state index in [1.165, 1.54) is 16.7 Å². The lowest BCUT2D eigenvalue weighted by Crippen LogP contribution is -2.59. The Labute approximate surface area is 274 Å². The molecule has 2 aliphatic rings. The van der Waals surface area contributed by atoms with Gasteiger partial charge in [-0.25, -0.2) is 4.79 Å². The molecule has 0 unspecified atom stereocenters. The van der Waals surface area contributed by atoms with Crippen molar-refractivity contribution < 1.29 is 28.2 Å². The van der Waals surface area contributed by atoms with Crippen molar-refractivity contribution in [2.45, 2.75) is 108 Å². The highest BCUT2D eigenvalue weighted by Crippen LogP contribution is 2.42. The number of nitrogens with zero attached hydrogens (tertiary/aromatic N) is 2. The number of amidine groups is 1. The second-order valence-electron chi connectivity index (χ2n) is 14.0. The predicted molar refractivity (Wildman–Crippen MR) is 184 cm³/mol. The van der Waals surface area contributed by atoms with Gasteiger partial charge in [-0.05, 0) is 50.0 Å². The van der Waals surface area contributed by atoms with E-state index in [1.54, 1.807) is 6.08 Å². The van der Waals surface area contributed by atoms with E-state index in [4.69, 9.17) is 28.4 Å². The summed E-state index contributed by atoms with van der Waals surface area (Å²) in [6.45, 7) is 21.9. The first-order valence-corrected chi connectivity index (χ1v) is 19.4. The van der Waals surface area contributed by atoms with Gasteiger partial charge in [0.15, 0.2) is 13.5 Å². The number of carbonyl (C=O) groups excluding carboxylic acids is 1. The molecular formula is C35H50N2O6SSi. The fourth-order valence-electron chi connectivity index (χ4n) is 4.76. The molecule has 0 aliphatic carbocycles. The third kappa shape index (κ3) is 9.53. The molecule has 2 heterocycles. The summed E-state index contributed by atoms with van der Waals surface area (Å²) in [7, 11) is -2.10. The summed E-state index contributed by atoms with van der Waals surface area (Å²) in [4.78, 5) is 19.8. The Hall–Kier alpha value is -2.47. The highest BCUT2D eigenvalue weighted by molar-refractivity contribution is 8.14. The molecule has 2 aliphatic heterocycles. The molecule has 8 nitrogen and oxygen atoms in total. The van der Waals surface area contributed by atoms with E-state index in [1.807, 2.05) is 81.4 Å². The number of carbonyl (C=O) groups is 1. The van der Waals surface area contributed by atoms with Crippen LogP contribution in [0.5, 0.6) is 0 Å². The molecule has 0 radical (unpaired) electrons. The third-order valence-corrected chi connectivity index (χ3v) is 13.9. The van der Waals surface area contributed by atoms with Crippen molar-refractivity contribution in [2.24, 2.45) is 4.99 Å². The number of amides is 1. The number of thioether (sulfide) groups is 1. The van der Waals surface area contributed by atoms with Gasteiger partial charge < -0.3 is 23.4 Å². The molecule has 5 atom stereocenters. The number of rotatable bonds is 11. The third-order valence-electron chi connectivity index (χ3n) is 8.24. The van der Waals surface area contributed by atoms with E-state index >= 15 is 0 Å². The van der Waals surface area contributed by atoms with E-state index in [9.17, 15) is 4.79 Å². The van der Waals surface area contributed by atoms with Gasteiger partial charge in [0.25, 0.3) is 0 Å². The number of hydrogen-bond donors (Lipinski definition) is 0. The van der Waals surface area contributed by atoms with Crippen LogP contribution >= 0.6 is 11.8 Å². The number of aliphatic imine (C=N–C) groups is 1. The number of benzene rings is 2. The van der Waals surface area contributed by atoms with Crippen LogP contribution in [0, 0.1) is 0 Å². The monoisotopic (exact) mass is 654 g/mol. The molecular weight excluding hydrogens is 605 g/mol. The van der Waals surface area contributed by atoms with Gasteiger partial charge in [0.1, 0.15) is 35.4 Å². The lowest BCUT2D eigenvalue weighted by Gasteiger charge is -2.44. The molecule has 45 heavy (non-hydrogen) atoms.